The van der Waals surface area contributed by atoms with Crippen molar-refractivity contribution in [1.82, 2.24) is 14.5 Å². The van der Waals surface area contributed by atoms with E-state index in [-0.39, 0.29) is 11.6 Å². The highest BCUT2D eigenvalue weighted by molar-refractivity contribution is 5.79. The molecule has 0 aliphatic rings. The fourth-order valence-corrected chi connectivity index (χ4v) is 2.76. The number of hydrogen-bond acceptors (Lipinski definition) is 3. The van der Waals surface area contributed by atoms with Crippen LogP contribution >= 0.6 is 0 Å². The molecule has 0 amide bonds. The van der Waals surface area contributed by atoms with E-state index < -0.39 is 0 Å². The van der Waals surface area contributed by atoms with Gasteiger partial charge in [0, 0.05) is 29.2 Å². The van der Waals surface area contributed by atoms with Crippen molar-refractivity contribution < 1.29 is 9.50 Å². The Morgan fingerprint density at radius 2 is 1.48 bits per heavy atom. The van der Waals surface area contributed by atoms with Crippen molar-refractivity contribution in [2.24, 2.45) is 0 Å². The number of phenolic OH excluding ortho intramolecular Hbond substituents is 1. The Bertz CT molecular complexity index is 931. The molecule has 122 valence electrons. The van der Waals surface area contributed by atoms with Gasteiger partial charge in [0.2, 0.25) is 0 Å². The fourth-order valence-electron chi connectivity index (χ4n) is 2.76. The highest BCUT2D eigenvalue weighted by Crippen LogP contribution is 2.33. The van der Waals surface area contributed by atoms with Crippen LogP contribution in [0.4, 0.5) is 4.39 Å². The highest BCUT2D eigenvalue weighted by atomic mass is 19.1. The van der Waals surface area contributed by atoms with Gasteiger partial charge in [-0.25, -0.2) is 9.37 Å². The zero-order chi connectivity index (χ0) is 17.2. The minimum Gasteiger partial charge on any atom is -0.508 e. The van der Waals surface area contributed by atoms with Gasteiger partial charge < -0.3 is 5.11 Å². The molecule has 2 heterocycles. The minimum atomic E-state index is -0.285. The molecular formula is C20H14FN3O. The largest absolute Gasteiger partial charge is 0.508 e. The third kappa shape index (κ3) is 2.87. The third-order valence-electron chi connectivity index (χ3n) is 3.97. The summed E-state index contributed by atoms with van der Waals surface area (Å²) in [5.41, 5.74) is 4.26. The van der Waals surface area contributed by atoms with Gasteiger partial charge in [0.05, 0.1) is 11.4 Å². The molecule has 25 heavy (non-hydrogen) atoms. The van der Waals surface area contributed by atoms with E-state index in [0.717, 1.165) is 28.2 Å². The Morgan fingerprint density at radius 3 is 2.16 bits per heavy atom. The quantitative estimate of drug-likeness (QED) is 0.603. The Morgan fingerprint density at radius 1 is 0.800 bits per heavy atom. The molecule has 2 aromatic heterocycles. The predicted molar refractivity (Wildman–Crippen MR) is 93.9 cm³/mol. The molecule has 0 saturated heterocycles. The van der Waals surface area contributed by atoms with Crippen molar-refractivity contribution in [3.05, 3.63) is 85.2 Å². The van der Waals surface area contributed by atoms with Crippen molar-refractivity contribution in [2.45, 2.75) is 0 Å². The van der Waals surface area contributed by atoms with Crippen LogP contribution in [0.15, 0.2) is 79.4 Å². The number of nitrogens with zero attached hydrogens (tertiary/aromatic N) is 3. The summed E-state index contributed by atoms with van der Waals surface area (Å²) in [5.74, 6) is -0.0831. The molecule has 0 aliphatic carbocycles. The Balaban J connectivity index is 1.94. The topological polar surface area (TPSA) is 50.9 Å². The van der Waals surface area contributed by atoms with Crippen LogP contribution in [0.3, 0.4) is 0 Å². The summed E-state index contributed by atoms with van der Waals surface area (Å²) in [6.07, 6.45) is 5.16. The molecule has 0 fully saturated rings. The van der Waals surface area contributed by atoms with Crippen LogP contribution < -0.4 is 0 Å². The Hall–Kier alpha value is -3.47. The average Bonchev–Trinajstić information content (AvgIpc) is 3.09. The zero-order valence-corrected chi connectivity index (χ0v) is 13.2. The number of imidazole rings is 1. The molecule has 0 unspecified atom stereocenters. The van der Waals surface area contributed by atoms with Gasteiger partial charge in [-0.1, -0.05) is 0 Å². The first kappa shape index (κ1) is 15.1. The summed E-state index contributed by atoms with van der Waals surface area (Å²) >= 11 is 0. The van der Waals surface area contributed by atoms with Crippen molar-refractivity contribution in [1.29, 1.82) is 0 Å². The second kappa shape index (κ2) is 6.20. The van der Waals surface area contributed by atoms with E-state index >= 15 is 0 Å². The lowest BCUT2D eigenvalue weighted by Crippen LogP contribution is -1.96. The van der Waals surface area contributed by atoms with Crippen LogP contribution in [0.25, 0.3) is 28.2 Å². The van der Waals surface area contributed by atoms with Crippen molar-refractivity contribution in [3.8, 4) is 34.0 Å². The zero-order valence-electron chi connectivity index (χ0n) is 13.2. The fraction of sp³-hybridized carbons (Fsp3) is 0. The third-order valence-corrected chi connectivity index (χ3v) is 3.97. The smallest absolute Gasteiger partial charge is 0.123 e. The van der Waals surface area contributed by atoms with Crippen LogP contribution in [0.2, 0.25) is 0 Å². The molecule has 1 N–H and O–H groups in total. The molecule has 0 spiro atoms. The number of halogens is 1. The van der Waals surface area contributed by atoms with Gasteiger partial charge in [-0.2, -0.15) is 0 Å². The average molecular weight is 331 g/mol. The van der Waals surface area contributed by atoms with Gasteiger partial charge >= 0.3 is 0 Å². The second-order valence-electron chi connectivity index (χ2n) is 5.57. The Kier molecular flexibility index (Phi) is 3.74. The molecule has 0 bridgehead atoms. The van der Waals surface area contributed by atoms with E-state index in [4.69, 9.17) is 0 Å². The SMILES string of the molecule is Oc1ccc(-n2cnc(-c3ccc(F)cc3)c2-c2ccncc2)cc1. The number of phenols is 1. The van der Waals surface area contributed by atoms with Gasteiger partial charge in [0.15, 0.2) is 0 Å². The maximum atomic E-state index is 13.3. The standard InChI is InChI=1S/C20H14FN3O/c21-16-3-1-14(2-4-16)19-20(15-9-11-22-12-10-15)24(13-23-19)17-5-7-18(25)8-6-17/h1-13,25H. The summed E-state index contributed by atoms with van der Waals surface area (Å²) in [5, 5.41) is 9.53. The van der Waals surface area contributed by atoms with E-state index in [0.29, 0.717) is 0 Å². The van der Waals surface area contributed by atoms with E-state index in [9.17, 15) is 9.50 Å². The van der Waals surface area contributed by atoms with Gasteiger partial charge in [-0.15, -0.1) is 0 Å². The first-order valence-corrected chi connectivity index (χ1v) is 7.75. The molecule has 5 heteroatoms. The van der Waals surface area contributed by atoms with Crippen molar-refractivity contribution in [2.75, 3.05) is 0 Å². The van der Waals surface area contributed by atoms with Crippen LogP contribution in [0.1, 0.15) is 0 Å². The van der Waals surface area contributed by atoms with Gasteiger partial charge in [-0.3, -0.25) is 9.55 Å². The normalized spacial score (nSPS) is 10.8. The minimum absolute atomic E-state index is 0.202. The molecular weight excluding hydrogens is 317 g/mol. The van der Waals surface area contributed by atoms with Gasteiger partial charge in [0.1, 0.15) is 17.9 Å². The molecule has 0 radical (unpaired) electrons. The number of aromatic hydroxyl groups is 1. The summed E-state index contributed by atoms with van der Waals surface area (Å²) in [4.78, 5) is 8.62. The van der Waals surface area contributed by atoms with Crippen LogP contribution in [-0.2, 0) is 0 Å². The Labute approximate surface area is 143 Å². The molecule has 0 aliphatic heterocycles. The monoisotopic (exact) mass is 331 g/mol. The molecule has 0 atom stereocenters. The van der Waals surface area contributed by atoms with Crippen LogP contribution in [0.5, 0.6) is 5.75 Å². The summed E-state index contributed by atoms with van der Waals surface area (Å²) < 4.78 is 15.2. The lowest BCUT2D eigenvalue weighted by atomic mass is 10.1. The van der Waals surface area contributed by atoms with E-state index in [2.05, 4.69) is 9.97 Å². The van der Waals surface area contributed by atoms with Crippen LogP contribution in [-0.4, -0.2) is 19.6 Å². The number of hydrogen-bond donors (Lipinski definition) is 1. The second-order valence-corrected chi connectivity index (χ2v) is 5.57. The number of pyridine rings is 1. The van der Waals surface area contributed by atoms with Gasteiger partial charge in [-0.05, 0) is 60.7 Å². The summed E-state index contributed by atoms with van der Waals surface area (Å²) in [6, 6.07) is 17.0. The molecule has 2 aromatic carbocycles. The van der Waals surface area contributed by atoms with Crippen molar-refractivity contribution >= 4 is 0 Å². The van der Waals surface area contributed by atoms with Gasteiger partial charge in [0.25, 0.3) is 0 Å². The molecule has 0 saturated carbocycles. The number of rotatable bonds is 3. The maximum Gasteiger partial charge on any atom is 0.123 e. The molecule has 4 nitrogen and oxygen atoms in total. The maximum absolute atomic E-state index is 13.3. The molecule has 4 rings (SSSR count). The van der Waals surface area contributed by atoms with E-state index in [1.807, 2.05) is 28.8 Å². The van der Waals surface area contributed by atoms with E-state index in [1.165, 1.54) is 12.1 Å². The molecule has 4 aromatic rings. The highest BCUT2D eigenvalue weighted by Gasteiger charge is 2.16. The lowest BCUT2D eigenvalue weighted by molar-refractivity contribution is 0.475. The summed E-state index contributed by atoms with van der Waals surface area (Å²) in [7, 11) is 0. The number of benzene rings is 2. The predicted octanol–water partition coefficient (Wildman–Crippen LogP) is 4.45. The first-order valence-electron chi connectivity index (χ1n) is 7.75. The van der Waals surface area contributed by atoms with E-state index in [1.54, 1.807) is 43.0 Å². The lowest BCUT2D eigenvalue weighted by Gasteiger charge is -2.11. The van der Waals surface area contributed by atoms with Crippen LogP contribution in [0, 0.1) is 5.82 Å². The van der Waals surface area contributed by atoms with Crippen molar-refractivity contribution in [3.63, 3.8) is 0 Å². The first-order chi connectivity index (χ1) is 12.2. The number of aromatic nitrogens is 3. The summed E-state index contributed by atoms with van der Waals surface area (Å²) in [6.45, 7) is 0.